The molecule has 0 saturated carbocycles. The summed E-state index contributed by atoms with van der Waals surface area (Å²) in [5, 5.41) is 9.86. The van der Waals surface area contributed by atoms with E-state index in [-0.39, 0.29) is 6.10 Å². The predicted molar refractivity (Wildman–Crippen MR) is 55.8 cm³/mol. The fourth-order valence-electron chi connectivity index (χ4n) is 2.14. The van der Waals surface area contributed by atoms with Gasteiger partial charge in [0.05, 0.1) is 6.10 Å². The van der Waals surface area contributed by atoms with Crippen LogP contribution in [-0.2, 0) is 0 Å². The maximum Gasteiger partial charge on any atom is 0.0695 e. The van der Waals surface area contributed by atoms with Crippen LogP contribution in [0.3, 0.4) is 0 Å². The highest BCUT2D eigenvalue weighted by molar-refractivity contribution is 4.79. The molecule has 0 amide bonds. The molecule has 1 aliphatic heterocycles. The Balaban J connectivity index is 2.26. The molecule has 1 N–H and O–H groups in total. The molecule has 2 heteroatoms. The maximum absolute atomic E-state index is 9.86. The van der Waals surface area contributed by atoms with E-state index in [1.165, 1.54) is 32.2 Å². The minimum atomic E-state index is -0.0692. The zero-order chi connectivity index (χ0) is 9.68. The van der Waals surface area contributed by atoms with Crippen LogP contribution in [0.1, 0.15) is 39.5 Å². The van der Waals surface area contributed by atoms with Crippen LogP contribution in [0.2, 0.25) is 0 Å². The Bertz CT molecular complexity index is 138. The number of hydrogen-bond donors (Lipinski definition) is 1. The number of hydrogen-bond acceptors (Lipinski definition) is 2. The van der Waals surface area contributed by atoms with Gasteiger partial charge in [-0.2, -0.15) is 0 Å². The van der Waals surface area contributed by atoms with Crippen LogP contribution >= 0.6 is 0 Å². The van der Waals surface area contributed by atoms with Crippen molar-refractivity contribution in [2.75, 3.05) is 19.6 Å². The Morgan fingerprint density at radius 2 is 2.15 bits per heavy atom. The molecule has 78 valence electrons. The van der Waals surface area contributed by atoms with Crippen molar-refractivity contribution >= 4 is 0 Å². The van der Waals surface area contributed by atoms with Gasteiger partial charge in [0.15, 0.2) is 0 Å². The lowest BCUT2D eigenvalue weighted by molar-refractivity contribution is 0.0198. The molecule has 2 nitrogen and oxygen atoms in total. The SMILES string of the molecule is CCCCC1CCN(CC)C[C@H]1O. The number of aliphatic hydroxyl groups is 1. The van der Waals surface area contributed by atoms with Crippen molar-refractivity contribution in [2.24, 2.45) is 5.92 Å². The second kappa shape index (κ2) is 5.61. The van der Waals surface area contributed by atoms with Gasteiger partial charge in [-0.05, 0) is 31.8 Å². The minimum absolute atomic E-state index is 0.0692. The van der Waals surface area contributed by atoms with E-state index in [2.05, 4.69) is 18.7 Å². The van der Waals surface area contributed by atoms with Crippen molar-refractivity contribution in [3.8, 4) is 0 Å². The fourth-order valence-corrected chi connectivity index (χ4v) is 2.14. The Morgan fingerprint density at radius 1 is 1.38 bits per heavy atom. The lowest BCUT2D eigenvalue weighted by atomic mass is 9.89. The number of piperidine rings is 1. The van der Waals surface area contributed by atoms with E-state index in [1.54, 1.807) is 0 Å². The van der Waals surface area contributed by atoms with Crippen molar-refractivity contribution in [1.82, 2.24) is 4.90 Å². The highest BCUT2D eigenvalue weighted by Crippen LogP contribution is 2.22. The van der Waals surface area contributed by atoms with Gasteiger partial charge in [0, 0.05) is 6.54 Å². The summed E-state index contributed by atoms with van der Waals surface area (Å²) >= 11 is 0. The standard InChI is InChI=1S/C11H23NO/c1-3-5-6-10-7-8-12(4-2)9-11(10)13/h10-11,13H,3-9H2,1-2H3/t10?,11-/m1/s1. The quantitative estimate of drug-likeness (QED) is 0.723. The fraction of sp³-hybridized carbons (Fsp3) is 1.00. The van der Waals surface area contributed by atoms with E-state index in [4.69, 9.17) is 0 Å². The summed E-state index contributed by atoms with van der Waals surface area (Å²) in [7, 11) is 0. The zero-order valence-corrected chi connectivity index (χ0v) is 9.00. The smallest absolute Gasteiger partial charge is 0.0695 e. The third kappa shape index (κ3) is 3.28. The number of nitrogens with zero attached hydrogens (tertiary/aromatic N) is 1. The molecule has 0 aromatic heterocycles. The van der Waals surface area contributed by atoms with Crippen LogP contribution in [0.15, 0.2) is 0 Å². The normalized spacial score (nSPS) is 30.7. The van der Waals surface area contributed by atoms with Gasteiger partial charge in [-0.1, -0.05) is 26.7 Å². The topological polar surface area (TPSA) is 23.5 Å². The van der Waals surface area contributed by atoms with E-state index in [0.29, 0.717) is 5.92 Å². The van der Waals surface area contributed by atoms with Crippen LogP contribution in [0, 0.1) is 5.92 Å². The molecular formula is C11H23NO. The summed E-state index contributed by atoms with van der Waals surface area (Å²) in [5.74, 6) is 0.572. The number of likely N-dealkylation sites (N-methyl/N-ethyl adjacent to an activating group) is 1. The van der Waals surface area contributed by atoms with Crippen LogP contribution in [0.4, 0.5) is 0 Å². The van der Waals surface area contributed by atoms with Crippen LogP contribution in [0.25, 0.3) is 0 Å². The van der Waals surface area contributed by atoms with Gasteiger partial charge in [-0.3, -0.25) is 0 Å². The Morgan fingerprint density at radius 3 is 2.69 bits per heavy atom. The van der Waals surface area contributed by atoms with Crippen molar-refractivity contribution in [3.05, 3.63) is 0 Å². The highest BCUT2D eigenvalue weighted by Gasteiger charge is 2.25. The molecule has 0 radical (unpaired) electrons. The van der Waals surface area contributed by atoms with Gasteiger partial charge in [-0.25, -0.2) is 0 Å². The van der Waals surface area contributed by atoms with Crippen molar-refractivity contribution in [1.29, 1.82) is 0 Å². The van der Waals surface area contributed by atoms with E-state index in [1.807, 2.05) is 0 Å². The van der Waals surface area contributed by atoms with E-state index in [9.17, 15) is 5.11 Å². The van der Waals surface area contributed by atoms with Crippen molar-refractivity contribution in [2.45, 2.75) is 45.6 Å². The molecule has 1 saturated heterocycles. The third-order valence-electron chi connectivity index (χ3n) is 3.18. The Labute approximate surface area is 81.9 Å². The summed E-state index contributed by atoms with van der Waals surface area (Å²) in [6.45, 7) is 7.54. The van der Waals surface area contributed by atoms with Gasteiger partial charge in [-0.15, -0.1) is 0 Å². The van der Waals surface area contributed by atoms with E-state index >= 15 is 0 Å². The average Bonchev–Trinajstić information content (AvgIpc) is 2.16. The third-order valence-corrected chi connectivity index (χ3v) is 3.18. The molecule has 13 heavy (non-hydrogen) atoms. The van der Waals surface area contributed by atoms with Gasteiger partial charge < -0.3 is 10.0 Å². The summed E-state index contributed by atoms with van der Waals surface area (Å²) in [6.07, 6.45) is 4.86. The first-order valence-corrected chi connectivity index (χ1v) is 5.68. The first kappa shape index (κ1) is 11.0. The summed E-state index contributed by atoms with van der Waals surface area (Å²) in [6, 6.07) is 0. The molecule has 1 heterocycles. The van der Waals surface area contributed by atoms with Crippen molar-refractivity contribution in [3.63, 3.8) is 0 Å². The maximum atomic E-state index is 9.86. The number of rotatable bonds is 4. The molecule has 1 unspecified atom stereocenters. The molecular weight excluding hydrogens is 162 g/mol. The van der Waals surface area contributed by atoms with Crippen LogP contribution < -0.4 is 0 Å². The molecule has 1 fully saturated rings. The Kier molecular flexibility index (Phi) is 4.74. The lowest BCUT2D eigenvalue weighted by Crippen LogP contribution is -2.43. The van der Waals surface area contributed by atoms with Gasteiger partial charge in [0.1, 0.15) is 0 Å². The molecule has 0 spiro atoms. The second-order valence-corrected chi connectivity index (χ2v) is 4.15. The minimum Gasteiger partial charge on any atom is -0.392 e. The second-order valence-electron chi connectivity index (χ2n) is 4.15. The molecule has 0 aromatic rings. The first-order valence-electron chi connectivity index (χ1n) is 5.68. The molecule has 0 aliphatic carbocycles. The van der Waals surface area contributed by atoms with Gasteiger partial charge >= 0.3 is 0 Å². The first-order chi connectivity index (χ1) is 6.27. The molecule has 1 aliphatic rings. The monoisotopic (exact) mass is 185 g/mol. The molecule has 1 rings (SSSR count). The van der Waals surface area contributed by atoms with Gasteiger partial charge in [0.2, 0.25) is 0 Å². The molecule has 0 aromatic carbocycles. The largest absolute Gasteiger partial charge is 0.392 e. The van der Waals surface area contributed by atoms with Crippen LogP contribution in [0.5, 0.6) is 0 Å². The summed E-state index contributed by atoms with van der Waals surface area (Å²) in [4.78, 5) is 2.34. The predicted octanol–water partition coefficient (Wildman–Crippen LogP) is 1.88. The average molecular weight is 185 g/mol. The highest BCUT2D eigenvalue weighted by atomic mass is 16.3. The number of likely N-dealkylation sites (tertiary alicyclic amines) is 1. The molecule has 0 bridgehead atoms. The number of unbranched alkanes of at least 4 members (excludes halogenated alkanes) is 1. The number of aliphatic hydroxyl groups excluding tert-OH is 1. The lowest BCUT2D eigenvalue weighted by Gasteiger charge is -2.35. The van der Waals surface area contributed by atoms with Gasteiger partial charge in [0.25, 0.3) is 0 Å². The van der Waals surface area contributed by atoms with E-state index in [0.717, 1.165) is 13.1 Å². The van der Waals surface area contributed by atoms with Crippen molar-refractivity contribution < 1.29 is 5.11 Å². The summed E-state index contributed by atoms with van der Waals surface area (Å²) < 4.78 is 0. The Hall–Kier alpha value is -0.0800. The summed E-state index contributed by atoms with van der Waals surface area (Å²) in [5.41, 5.74) is 0. The number of β-amino-alcohol motifs (C(OH)–C–C–N with tert-alkyl or cyclic N) is 1. The molecule has 2 atom stereocenters. The van der Waals surface area contributed by atoms with Crippen LogP contribution in [-0.4, -0.2) is 35.7 Å². The van der Waals surface area contributed by atoms with E-state index < -0.39 is 0 Å². The zero-order valence-electron chi connectivity index (χ0n) is 9.00.